The van der Waals surface area contributed by atoms with E-state index in [1.165, 1.54) is 12.5 Å². The molecule has 0 aliphatic heterocycles. The van der Waals surface area contributed by atoms with Crippen LogP contribution in [-0.4, -0.2) is 11.3 Å². The van der Waals surface area contributed by atoms with Gasteiger partial charge in [-0.05, 0) is 31.2 Å². The second kappa shape index (κ2) is 4.72. The average Bonchev–Trinajstić information content (AvgIpc) is 2.80. The van der Waals surface area contributed by atoms with Crippen LogP contribution < -0.4 is 0 Å². The van der Waals surface area contributed by atoms with Crippen molar-refractivity contribution in [3.63, 3.8) is 0 Å². The van der Waals surface area contributed by atoms with E-state index in [1.807, 2.05) is 0 Å². The highest BCUT2D eigenvalue weighted by Crippen LogP contribution is 2.43. The third kappa shape index (κ3) is 2.83. The zero-order valence-electron chi connectivity index (χ0n) is 9.28. The van der Waals surface area contributed by atoms with E-state index in [2.05, 4.69) is 0 Å². The minimum absolute atomic E-state index is 0.00977. The number of furan rings is 1. The van der Waals surface area contributed by atoms with E-state index in [1.54, 1.807) is 6.07 Å². The van der Waals surface area contributed by atoms with Gasteiger partial charge in [-0.25, -0.2) is 0 Å². The lowest BCUT2D eigenvalue weighted by molar-refractivity contribution is -0.189. The zero-order chi connectivity index (χ0) is 12.5. The molecule has 1 aliphatic carbocycles. The summed E-state index contributed by atoms with van der Waals surface area (Å²) in [4.78, 5) is 0. The Balaban J connectivity index is 2.02. The molecule has 0 amide bonds. The normalized spacial score (nSPS) is 28.0. The highest BCUT2D eigenvalue weighted by Gasteiger charge is 2.43. The highest BCUT2D eigenvalue weighted by molar-refractivity contribution is 5.10. The van der Waals surface area contributed by atoms with Gasteiger partial charge in [0.2, 0.25) is 0 Å². The van der Waals surface area contributed by atoms with Crippen LogP contribution in [-0.2, 0) is 0 Å². The molecule has 1 aliphatic rings. The third-order valence-corrected chi connectivity index (χ3v) is 3.51. The van der Waals surface area contributed by atoms with Crippen molar-refractivity contribution in [2.75, 3.05) is 0 Å². The molecule has 1 aromatic heterocycles. The van der Waals surface area contributed by atoms with Crippen LogP contribution in [0.3, 0.4) is 0 Å². The number of aliphatic hydroxyl groups is 1. The maximum absolute atomic E-state index is 12.6. The number of rotatable bonds is 2. The van der Waals surface area contributed by atoms with Gasteiger partial charge in [0.15, 0.2) is 0 Å². The second-order valence-corrected chi connectivity index (χ2v) is 4.67. The molecule has 1 saturated carbocycles. The molecular weight excluding hydrogens is 233 g/mol. The molecule has 1 heterocycles. The summed E-state index contributed by atoms with van der Waals surface area (Å²) in [5, 5.41) is 9.99. The molecule has 1 aromatic rings. The van der Waals surface area contributed by atoms with E-state index in [0.29, 0.717) is 18.4 Å². The van der Waals surface area contributed by atoms with Crippen LogP contribution in [0, 0.1) is 11.8 Å². The molecule has 1 N–H and O–H groups in total. The number of halogens is 3. The first-order valence-electron chi connectivity index (χ1n) is 5.75. The molecule has 0 radical (unpaired) electrons. The van der Waals surface area contributed by atoms with Gasteiger partial charge in [0.1, 0.15) is 0 Å². The topological polar surface area (TPSA) is 33.4 Å². The molecular formula is C12H15F3O2. The van der Waals surface area contributed by atoms with Crippen LogP contribution >= 0.6 is 0 Å². The largest absolute Gasteiger partial charge is 0.472 e. The van der Waals surface area contributed by atoms with Crippen LogP contribution in [0.2, 0.25) is 0 Å². The van der Waals surface area contributed by atoms with Gasteiger partial charge in [-0.2, -0.15) is 13.2 Å². The summed E-state index contributed by atoms with van der Waals surface area (Å²) < 4.78 is 42.7. The minimum atomic E-state index is -4.14. The standard InChI is InChI=1S/C12H15F3O2/c13-12(14,15)10-3-1-2-8(6-10)11(16)9-4-5-17-7-9/h4-5,7-8,10-11,16H,1-3,6H2. The van der Waals surface area contributed by atoms with Crippen molar-refractivity contribution in [2.24, 2.45) is 11.8 Å². The molecule has 2 nitrogen and oxygen atoms in total. The van der Waals surface area contributed by atoms with Gasteiger partial charge in [0, 0.05) is 5.56 Å². The summed E-state index contributed by atoms with van der Waals surface area (Å²) in [5.74, 6) is -1.60. The fraction of sp³-hybridized carbons (Fsp3) is 0.667. The lowest BCUT2D eigenvalue weighted by Gasteiger charge is -2.32. The van der Waals surface area contributed by atoms with Crippen molar-refractivity contribution >= 4 is 0 Å². The van der Waals surface area contributed by atoms with Crippen LogP contribution in [0.25, 0.3) is 0 Å². The Kier molecular flexibility index (Phi) is 3.47. The Morgan fingerprint density at radius 1 is 1.35 bits per heavy atom. The van der Waals surface area contributed by atoms with E-state index in [0.717, 1.165) is 0 Å². The first-order valence-corrected chi connectivity index (χ1v) is 5.75. The maximum atomic E-state index is 12.6. The molecule has 3 atom stereocenters. The molecule has 5 heteroatoms. The zero-order valence-corrected chi connectivity index (χ0v) is 9.28. The summed E-state index contributed by atoms with van der Waals surface area (Å²) in [6.45, 7) is 0. The van der Waals surface area contributed by atoms with Gasteiger partial charge >= 0.3 is 6.18 Å². The second-order valence-electron chi connectivity index (χ2n) is 4.67. The van der Waals surface area contributed by atoms with Gasteiger partial charge < -0.3 is 9.52 Å². The molecule has 17 heavy (non-hydrogen) atoms. The van der Waals surface area contributed by atoms with E-state index >= 15 is 0 Å². The van der Waals surface area contributed by atoms with Gasteiger partial charge in [-0.1, -0.05) is 6.42 Å². The average molecular weight is 248 g/mol. The molecule has 0 spiro atoms. The lowest BCUT2D eigenvalue weighted by Crippen LogP contribution is -2.30. The highest BCUT2D eigenvalue weighted by atomic mass is 19.4. The maximum Gasteiger partial charge on any atom is 0.391 e. The molecule has 96 valence electrons. The minimum Gasteiger partial charge on any atom is -0.472 e. The molecule has 2 rings (SSSR count). The molecule has 0 bridgehead atoms. The Bertz CT molecular complexity index is 345. The van der Waals surface area contributed by atoms with Gasteiger partial charge in [-0.15, -0.1) is 0 Å². The summed E-state index contributed by atoms with van der Waals surface area (Å²) in [5.41, 5.74) is 0.567. The van der Waals surface area contributed by atoms with Crippen molar-refractivity contribution in [1.29, 1.82) is 0 Å². The van der Waals surface area contributed by atoms with E-state index in [-0.39, 0.29) is 18.8 Å². The summed E-state index contributed by atoms with van der Waals surface area (Å²) in [7, 11) is 0. The number of hydrogen-bond donors (Lipinski definition) is 1. The summed E-state index contributed by atoms with van der Waals surface area (Å²) in [6, 6.07) is 1.60. The first kappa shape index (κ1) is 12.5. The Hall–Kier alpha value is -0.970. The van der Waals surface area contributed by atoms with Crippen molar-refractivity contribution in [2.45, 2.75) is 38.0 Å². The predicted octanol–water partition coefficient (Wildman–Crippen LogP) is 3.68. The monoisotopic (exact) mass is 248 g/mol. The van der Waals surface area contributed by atoms with Crippen LogP contribution in [0.1, 0.15) is 37.4 Å². The SMILES string of the molecule is OC(c1ccoc1)C1CCCC(C(F)(F)F)C1. The van der Waals surface area contributed by atoms with Gasteiger partial charge in [0.25, 0.3) is 0 Å². The fourth-order valence-corrected chi connectivity index (χ4v) is 2.53. The Morgan fingerprint density at radius 3 is 2.71 bits per heavy atom. The number of aliphatic hydroxyl groups excluding tert-OH is 1. The predicted molar refractivity (Wildman–Crippen MR) is 55.2 cm³/mol. The van der Waals surface area contributed by atoms with E-state index in [9.17, 15) is 18.3 Å². The van der Waals surface area contributed by atoms with E-state index in [4.69, 9.17) is 4.42 Å². The van der Waals surface area contributed by atoms with Crippen molar-refractivity contribution < 1.29 is 22.7 Å². The van der Waals surface area contributed by atoms with Crippen LogP contribution in [0.5, 0.6) is 0 Å². The fourth-order valence-electron chi connectivity index (χ4n) is 2.53. The van der Waals surface area contributed by atoms with Gasteiger partial charge in [-0.3, -0.25) is 0 Å². The Labute approximate surface area is 97.4 Å². The Morgan fingerprint density at radius 2 is 2.12 bits per heavy atom. The van der Waals surface area contributed by atoms with E-state index < -0.39 is 18.2 Å². The van der Waals surface area contributed by atoms with Gasteiger partial charge in [0.05, 0.1) is 24.5 Å². The third-order valence-electron chi connectivity index (χ3n) is 3.51. The molecule has 3 unspecified atom stereocenters. The summed E-state index contributed by atoms with van der Waals surface area (Å²) in [6.07, 6.45) is -0.838. The molecule has 1 fully saturated rings. The quantitative estimate of drug-likeness (QED) is 0.866. The number of hydrogen-bond acceptors (Lipinski definition) is 2. The van der Waals surface area contributed by atoms with Crippen molar-refractivity contribution in [3.05, 3.63) is 24.2 Å². The molecule has 0 aromatic carbocycles. The summed E-state index contributed by atoms with van der Waals surface area (Å²) >= 11 is 0. The lowest BCUT2D eigenvalue weighted by atomic mass is 9.77. The van der Waals surface area contributed by atoms with Crippen LogP contribution in [0.4, 0.5) is 13.2 Å². The van der Waals surface area contributed by atoms with Crippen molar-refractivity contribution in [1.82, 2.24) is 0 Å². The van der Waals surface area contributed by atoms with Crippen molar-refractivity contribution in [3.8, 4) is 0 Å². The smallest absolute Gasteiger partial charge is 0.391 e. The number of alkyl halides is 3. The van der Waals surface area contributed by atoms with Crippen LogP contribution in [0.15, 0.2) is 23.0 Å². The molecule has 0 saturated heterocycles. The first-order chi connectivity index (χ1) is 7.98.